The Hall–Kier alpha value is -2.01. The zero-order chi connectivity index (χ0) is 15.6. The van der Waals surface area contributed by atoms with E-state index in [-0.39, 0.29) is 23.0 Å². The molecule has 0 radical (unpaired) electrons. The van der Waals surface area contributed by atoms with Crippen LogP contribution in [0, 0.1) is 0 Å². The van der Waals surface area contributed by atoms with E-state index in [2.05, 4.69) is 0 Å². The predicted octanol–water partition coefficient (Wildman–Crippen LogP) is 3.79. The van der Waals surface area contributed by atoms with Crippen LogP contribution in [0.3, 0.4) is 0 Å². The maximum absolute atomic E-state index is 9.93. The monoisotopic (exact) mass is 306 g/mol. The fourth-order valence-corrected chi connectivity index (χ4v) is 3.01. The molecule has 112 valence electrons. The molecule has 5 heteroatoms. The molecule has 0 aliphatic carbocycles. The van der Waals surface area contributed by atoms with Crippen molar-refractivity contribution >= 4 is 11.8 Å². The number of phenolic OH excluding ortho intramolecular Hbond substituents is 4. The number of hydrogen-bond acceptors (Lipinski definition) is 5. The summed E-state index contributed by atoms with van der Waals surface area (Å²) >= 11 is 1.20. The van der Waals surface area contributed by atoms with Gasteiger partial charge in [0.25, 0.3) is 0 Å². The quantitative estimate of drug-likeness (QED) is 0.691. The Bertz CT molecular complexity index is 610. The molecule has 0 bridgehead atoms. The van der Waals surface area contributed by atoms with Gasteiger partial charge >= 0.3 is 0 Å². The number of phenols is 4. The average molecular weight is 306 g/mol. The van der Waals surface area contributed by atoms with Crippen molar-refractivity contribution in [1.82, 2.24) is 0 Å². The van der Waals surface area contributed by atoms with Crippen molar-refractivity contribution in [1.29, 1.82) is 0 Å². The molecule has 0 heterocycles. The fraction of sp³-hybridized carbons (Fsp3) is 0.250. The van der Waals surface area contributed by atoms with Gasteiger partial charge in [0, 0.05) is 12.1 Å². The average Bonchev–Trinajstić information content (AvgIpc) is 2.44. The van der Waals surface area contributed by atoms with Crippen LogP contribution in [0.1, 0.15) is 25.0 Å². The second kappa shape index (κ2) is 6.18. The molecule has 21 heavy (non-hydrogen) atoms. The Labute approximate surface area is 127 Å². The van der Waals surface area contributed by atoms with E-state index in [0.717, 1.165) is 11.1 Å². The normalized spacial score (nSPS) is 10.8. The zero-order valence-electron chi connectivity index (χ0n) is 11.9. The molecule has 0 saturated heterocycles. The Balaban J connectivity index is 2.42. The first-order valence-corrected chi connectivity index (χ1v) is 7.55. The number of hydrogen-bond donors (Lipinski definition) is 4. The summed E-state index contributed by atoms with van der Waals surface area (Å²) in [4.78, 5) is 1.10. The Morgan fingerprint density at radius 1 is 0.667 bits per heavy atom. The smallest absolute Gasteiger partial charge is 0.133 e. The van der Waals surface area contributed by atoms with Gasteiger partial charge < -0.3 is 20.4 Å². The minimum atomic E-state index is -0.0415. The molecular weight excluding hydrogens is 288 g/mol. The lowest BCUT2D eigenvalue weighted by Gasteiger charge is -2.11. The van der Waals surface area contributed by atoms with Crippen LogP contribution in [0.2, 0.25) is 0 Å². The molecule has 2 aromatic carbocycles. The molecule has 2 aromatic rings. The molecular formula is C16H18O4S. The summed E-state index contributed by atoms with van der Waals surface area (Å²) in [5, 5.41) is 39.3. The van der Waals surface area contributed by atoms with E-state index < -0.39 is 0 Å². The van der Waals surface area contributed by atoms with Crippen LogP contribution in [0.15, 0.2) is 34.1 Å². The van der Waals surface area contributed by atoms with Crippen molar-refractivity contribution in [3.63, 3.8) is 0 Å². The second-order valence-electron chi connectivity index (χ2n) is 4.71. The van der Waals surface area contributed by atoms with Crippen molar-refractivity contribution < 1.29 is 20.4 Å². The highest BCUT2D eigenvalue weighted by Gasteiger charge is 2.13. The van der Waals surface area contributed by atoms with Gasteiger partial charge in [-0.2, -0.15) is 0 Å². The summed E-state index contributed by atoms with van der Waals surface area (Å²) in [6.07, 6.45) is 1.28. The van der Waals surface area contributed by atoms with Crippen LogP contribution in [0.5, 0.6) is 23.0 Å². The van der Waals surface area contributed by atoms with E-state index in [1.807, 2.05) is 13.8 Å². The maximum Gasteiger partial charge on any atom is 0.133 e. The Morgan fingerprint density at radius 2 is 1.05 bits per heavy atom. The molecule has 0 fully saturated rings. The SMILES string of the molecule is CCc1cc(Sc2cc(CC)c(O)cc2O)c(O)cc1O. The molecule has 0 aliphatic rings. The van der Waals surface area contributed by atoms with Crippen molar-refractivity contribution in [3.05, 3.63) is 35.4 Å². The first-order valence-electron chi connectivity index (χ1n) is 6.73. The molecule has 0 aromatic heterocycles. The summed E-state index contributed by atoms with van der Waals surface area (Å²) in [5.74, 6) is 0.0347. The molecule has 4 N–H and O–H groups in total. The highest BCUT2D eigenvalue weighted by Crippen LogP contribution is 2.43. The van der Waals surface area contributed by atoms with E-state index in [4.69, 9.17) is 0 Å². The van der Waals surface area contributed by atoms with Crippen molar-refractivity contribution in [3.8, 4) is 23.0 Å². The molecule has 0 aliphatic heterocycles. The van der Waals surface area contributed by atoms with Crippen LogP contribution < -0.4 is 0 Å². The van der Waals surface area contributed by atoms with Crippen LogP contribution in [-0.4, -0.2) is 20.4 Å². The summed E-state index contributed by atoms with van der Waals surface area (Å²) in [5.41, 5.74) is 1.45. The Morgan fingerprint density at radius 3 is 1.38 bits per heavy atom. The lowest BCUT2D eigenvalue weighted by Crippen LogP contribution is -1.87. The van der Waals surface area contributed by atoms with E-state index >= 15 is 0 Å². The first-order chi connectivity index (χ1) is 9.96. The van der Waals surface area contributed by atoms with E-state index in [1.54, 1.807) is 12.1 Å². The third-order valence-corrected chi connectivity index (χ3v) is 4.40. The summed E-state index contributed by atoms with van der Waals surface area (Å²) < 4.78 is 0. The van der Waals surface area contributed by atoms with Gasteiger partial charge in [-0.05, 0) is 36.1 Å². The van der Waals surface area contributed by atoms with Crippen molar-refractivity contribution in [2.24, 2.45) is 0 Å². The van der Waals surface area contributed by atoms with Gasteiger partial charge in [-0.15, -0.1) is 0 Å². The summed E-state index contributed by atoms with van der Waals surface area (Å²) in [6, 6.07) is 6.01. The molecule has 0 amide bonds. The highest BCUT2D eigenvalue weighted by atomic mass is 32.2. The van der Waals surface area contributed by atoms with Crippen LogP contribution in [-0.2, 0) is 12.8 Å². The van der Waals surface area contributed by atoms with Gasteiger partial charge in [-0.1, -0.05) is 25.6 Å². The lowest BCUT2D eigenvalue weighted by atomic mass is 10.1. The van der Waals surface area contributed by atoms with Crippen LogP contribution >= 0.6 is 11.8 Å². The van der Waals surface area contributed by atoms with Crippen LogP contribution in [0.4, 0.5) is 0 Å². The maximum atomic E-state index is 9.93. The minimum Gasteiger partial charge on any atom is -0.508 e. The van der Waals surface area contributed by atoms with Crippen molar-refractivity contribution in [2.45, 2.75) is 36.5 Å². The van der Waals surface area contributed by atoms with E-state index in [0.29, 0.717) is 22.6 Å². The van der Waals surface area contributed by atoms with Crippen molar-refractivity contribution in [2.75, 3.05) is 0 Å². The topological polar surface area (TPSA) is 80.9 Å². The molecule has 0 unspecified atom stereocenters. The summed E-state index contributed by atoms with van der Waals surface area (Å²) in [6.45, 7) is 3.82. The molecule has 4 nitrogen and oxygen atoms in total. The van der Waals surface area contributed by atoms with Gasteiger partial charge in [0.15, 0.2) is 0 Å². The largest absolute Gasteiger partial charge is 0.508 e. The number of benzene rings is 2. The number of aryl methyl sites for hydroxylation is 2. The van der Waals surface area contributed by atoms with Crippen LogP contribution in [0.25, 0.3) is 0 Å². The number of aromatic hydroxyl groups is 4. The molecule has 0 atom stereocenters. The predicted molar refractivity (Wildman–Crippen MR) is 82.4 cm³/mol. The fourth-order valence-electron chi connectivity index (χ4n) is 2.05. The molecule has 0 spiro atoms. The van der Waals surface area contributed by atoms with E-state index in [1.165, 1.54) is 23.9 Å². The van der Waals surface area contributed by atoms with Gasteiger partial charge in [0.2, 0.25) is 0 Å². The third kappa shape index (κ3) is 3.19. The van der Waals surface area contributed by atoms with Gasteiger partial charge in [-0.25, -0.2) is 0 Å². The van der Waals surface area contributed by atoms with Gasteiger partial charge in [0.05, 0.1) is 9.79 Å². The van der Waals surface area contributed by atoms with E-state index in [9.17, 15) is 20.4 Å². The highest BCUT2D eigenvalue weighted by molar-refractivity contribution is 7.99. The van der Waals surface area contributed by atoms with Gasteiger partial charge in [0.1, 0.15) is 23.0 Å². The molecule has 2 rings (SSSR count). The zero-order valence-corrected chi connectivity index (χ0v) is 12.7. The first kappa shape index (κ1) is 15.4. The molecule has 0 saturated carbocycles. The standard InChI is InChI=1S/C16H18O4S/c1-3-9-5-15(13(19)7-11(9)17)21-16-6-10(4-2)12(18)8-14(16)20/h5-8,17-20H,3-4H2,1-2H3. The lowest BCUT2D eigenvalue weighted by molar-refractivity contribution is 0.437. The second-order valence-corrected chi connectivity index (χ2v) is 5.79. The summed E-state index contributed by atoms with van der Waals surface area (Å²) in [7, 11) is 0. The van der Waals surface area contributed by atoms with Gasteiger partial charge in [-0.3, -0.25) is 0 Å². The third-order valence-electron chi connectivity index (χ3n) is 3.30. The number of rotatable bonds is 4. The minimum absolute atomic E-state index is 0.0415. The Kier molecular flexibility index (Phi) is 4.53.